The Hall–Kier alpha value is -0.660. The molecule has 0 aromatic heterocycles. The minimum absolute atomic E-state index is 0.150. The Morgan fingerprint density at radius 3 is 2.75 bits per heavy atom. The van der Waals surface area contributed by atoms with Gasteiger partial charge in [0.25, 0.3) is 0 Å². The van der Waals surface area contributed by atoms with Gasteiger partial charge in [0.1, 0.15) is 5.25 Å². The Bertz CT molecular complexity index is 375. The first kappa shape index (κ1) is 11.8. The van der Waals surface area contributed by atoms with Crippen LogP contribution in [0.2, 0.25) is 0 Å². The van der Waals surface area contributed by atoms with Crippen LogP contribution in [0.1, 0.15) is 19.3 Å². The predicted molar refractivity (Wildman–Crippen MR) is 53.7 cm³/mol. The first-order valence-electron chi connectivity index (χ1n) is 5.19. The van der Waals surface area contributed by atoms with Crippen molar-refractivity contribution in [1.29, 1.82) is 0 Å². The summed E-state index contributed by atoms with van der Waals surface area (Å²) in [6.45, 7) is 0.156. The van der Waals surface area contributed by atoms with E-state index in [2.05, 4.69) is 0 Å². The van der Waals surface area contributed by atoms with Gasteiger partial charge in [-0.3, -0.25) is 4.79 Å². The van der Waals surface area contributed by atoms with E-state index in [0.29, 0.717) is 12.8 Å². The van der Waals surface area contributed by atoms with E-state index < -0.39 is 33.5 Å². The van der Waals surface area contributed by atoms with Crippen molar-refractivity contribution in [3.63, 3.8) is 0 Å². The van der Waals surface area contributed by atoms with Crippen molar-refractivity contribution in [3.05, 3.63) is 0 Å². The molecule has 0 bridgehead atoms. The van der Waals surface area contributed by atoms with E-state index in [0.717, 1.165) is 0 Å². The third-order valence-corrected chi connectivity index (χ3v) is 5.10. The van der Waals surface area contributed by atoms with Crippen LogP contribution in [0.4, 0.5) is 0 Å². The Labute approximate surface area is 93.5 Å². The van der Waals surface area contributed by atoms with Gasteiger partial charge in [-0.05, 0) is 12.8 Å². The quantitative estimate of drug-likeness (QED) is 0.744. The lowest BCUT2D eigenvalue weighted by Gasteiger charge is -2.16. The molecule has 1 N–H and O–H groups in total. The SMILES string of the molecule is O=C(O)CC1COC(C2CCCS2(=O)=O)O1. The highest BCUT2D eigenvalue weighted by molar-refractivity contribution is 7.92. The lowest BCUT2D eigenvalue weighted by Crippen LogP contribution is -2.32. The van der Waals surface area contributed by atoms with Gasteiger partial charge in [0.05, 0.1) is 24.9 Å². The zero-order chi connectivity index (χ0) is 11.8. The minimum Gasteiger partial charge on any atom is -0.481 e. The van der Waals surface area contributed by atoms with Crippen molar-refractivity contribution >= 4 is 15.8 Å². The summed E-state index contributed by atoms with van der Waals surface area (Å²) in [7, 11) is -3.12. The van der Waals surface area contributed by atoms with Crippen LogP contribution in [0.5, 0.6) is 0 Å². The van der Waals surface area contributed by atoms with Gasteiger partial charge in [0.15, 0.2) is 16.1 Å². The van der Waals surface area contributed by atoms with E-state index in [9.17, 15) is 13.2 Å². The maximum Gasteiger partial charge on any atom is 0.306 e. The number of carbonyl (C=O) groups is 1. The van der Waals surface area contributed by atoms with Crippen LogP contribution < -0.4 is 0 Å². The molecule has 0 aromatic carbocycles. The van der Waals surface area contributed by atoms with Gasteiger partial charge < -0.3 is 14.6 Å². The van der Waals surface area contributed by atoms with Gasteiger partial charge in [0, 0.05) is 0 Å². The zero-order valence-electron chi connectivity index (χ0n) is 8.66. The van der Waals surface area contributed by atoms with E-state index in [1.807, 2.05) is 0 Å². The first-order chi connectivity index (χ1) is 7.49. The number of hydrogen-bond acceptors (Lipinski definition) is 5. The fraction of sp³-hybridized carbons (Fsp3) is 0.889. The summed E-state index contributed by atoms with van der Waals surface area (Å²) in [6.07, 6.45) is -0.300. The average Bonchev–Trinajstić information content (AvgIpc) is 2.70. The van der Waals surface area contributed by atoms with Crippen LogP contribution in [0, 0.1) is 0 Å². The third-order valence-electron chi connectivity index (χ3n) is 2.86. The fourth-order valence-electron chi connectivity index (χ4n) is 2.09. The number of carboxylic acid groups (broad SMARTS) is 1. The summed E-state index contributed by atoms with van der Waals surface area (Å²) in [4.78, 5) is 10.5. The normalized spacial score (nSPS) is 37.6. The molecule has 2 fully saturated rings. The van der Waals surface area contributed by atoms with E-state index in [1.54, 1.807) is 0 Å². The van der Waals surface area contributed by atoms with Gasteiger partial charge in [-0.1, -0.05) is 0 Å². The number of carboxylic acids is 1. The Morgan fingerprint density at radius 2 is 2.19 bits per heavy atom. The molecule has 0 amide bonds. The van der Waals surface area contributed by atoms with Crippen molar-refractivity contribution in [1.82, 2.24) is 0 Å². The Balaban J connectivity index is 1.96. The summed E-state index contributed by atoms with van der Waals surface area (Å²) < 4.78 is 33.7. The smallest absolute Gasteiger partial charge is 0.306 e. The van der Waals surface area contributed by atoms with Gasteiger partial charge in [-0.15, -0.1) is 0 Å². The molecule has 0 radical (unpaired) electrons. The molecule has 7 heteroatoms. The molecule has 2 rings (SSSR count). The number of sulfone groups is 1. The van der Waals surface area contributed by atoms with E-state index in [4.69, 9.17) is 14.6 Å². The average molecular weight is 250 g/mol. The Kier molecular flexibility index (Phi) is 3.18. The maximum absolute atomic E-state index is 11.6. The molecule has 0 aliphatic carbocycles. The Morgan fingerprint density at radius 1 is 1.44 bits per heavy atom. The molecule has 2 aliphatic heterocycles. The van der Waals surface area contributed by atoms with E-state index >= 15 is 0 Å². The lowest BCUT2D eigenvalue weighted by molar-refractivity contribution is -0.140. The fourth-order valence-corrected chi connectivity index (χ4v) is 3.97. The molecule has 0 spiro atoms. The standard InChI is InChI=1S/C9H14O6S/c10-8(11)4-6-5-14-9(15-6)7-2-1-3-16(7,12)13/h6-7,9H,1-5H2,(H,10,11). The first-order valence-corrected chi connectivity index (χ1v) is 6.91. The largest absolute Gasteiger partial charge is 0.481 e. The highest BCUT2D eigenvalue weighted by Gasteiger charge is 2.43. The van der Waals surface area contributed by atoms with Crippen LogP contribution in [0.25, 0.3) is 0 Å². The van der Waals surface area contributed by atoms with Crippen LogP contribution >= 0.6 is 0 Å². The van der Waals surface area contributed by atoms with Crippen molar-refractivity contribution in [2.45, 2.75) is 36.9 Å². The van der Waals surface area contributed by atoms with Gasteiger partial charge in [0.2, 0.25) is 0 Å². The third kappa shape index (κ3) is 2.36. The van der Waals surface area contributed by atoms with Gasteiger partial charge in [-0.2, -0.15) is 0 Å². The molecule has 6 nitrogen and oxygen atoms in total. The second-order valence-corrected chi connectivity index (χ2v) is 6.44. The highest BCUT2D eigenvalue weighted by Crippen LogP contribution is 2.29. The van der Waals surface area contributed by atoms with Crippen LogP contribution in [0.15, 0.2) is 0 Å². The second-order valence-electron chi connectivity index (χ2n) is 4.11. The maximum atomic E-state index is 11.6. The lowest BCUT2D eigenvalue weighted by atomic mass is 10.2. The van der Waals surface area contributed by atoms with Gasteiger partial charge in [-0.25, -0.2) is 8.42 Å². The topological polar surface area (TPSA) is 89.9 Å². The summed E-state index contributed by atoms with van der Waals surface area (Å²) >= 11 is 0. The second kappa shape index (κ2) is 4.31. The van der Waals surface area contributed by atoms with E-state index in [1.165, 1.54) is 0 Å². The van der Waals surface area contributed by atoms with Crippen molar-refractivity contribution in [2.24, 2.45) is 0 Å². The molecule has 2 saturated heterocycles. The van der Waals surface area contributed by atoms with Crippen molar-refractivity contribution in [2.75, 3.05) is 12.4 Å². The van der Waals surface area contributed by atoms with Crippen LogP contribution in [0.3, 0.4) is 0 Å². The molecular formula is C9H14O6S. The number of hydrogen-bond donors (Lipinski definition) is 1. The molecular weight excluding hydrogens is 236 g/mol. The summed E-state index contributed by atoms with van der Waals surface area (Å²) in [5, 5.41) is 7.96. The van der Waals surface area contributed by atoms with Crippen LogP contribution in [-0.2, 0) is 24.1 Å². The number of aliphatic carboxylic acids is 1. The molecule has 16 heavy (non-hydrogen) atoms. The monoisotopic (exact) mass is 250 g/mol. The molecule has 3 atom stereocenters. The zero-order valence-corrected chi connectivity index (χ0v) is 9.48. The van der Waals surface area contributed by atoms with Gasteiger partial charge >= 0.3 is 5.97 Å². The minimum atomic E-state index is -3.12. The molecule has 0 saturated carbocycles. The summed E-state index contributed by atoms with van der Waals surface area (Å²) in [6, 6.07) is 0. The number of ether oxygens (including phenoxy) is 2. The molecule has 92 valence electrons. The van der Waals surface area contributed by atoms with E-state index in [-0.39, 0.29) is 18.8 Å². The van der Waals surface area contributed by atoms with Crippen LogP contribution in [-0.4, -0.2) is 49.5 Å². The predicted octanol–water partition coefficient (Wildman–Crippen LogP) is -0.220. The van der Waals surface area contributed by atoms with Crippen molar-refractivity contribution < 1.29 is 27.8 Å². The van der Waals surface area contributed by atoms with Crippen molar-refractivity contribution in [3.8, 4) is 0 Å². The molecule has 2 aliphatic rings. The molecule has 3 unspecified atom stereocenters. The molecule has 2 heterocycles. The highest BCUT2D eigenvalue weighted by atomic mass is 32.2. The molecule has 0 aromatic rings. The summed E-state index contributed by atoms with van der Waals surface area (Å²) in [5.41, 5.74) is 0. The number of rotatable bonds is 3. The summed E-state index contributed by atoms with van der Waals surface area (Å²) in [5.74, 6) is -0.798.